The Morgan fingerprint density at radius 1 is 1.16 bits per heavy atom. The van der Waals surface area contributed by atoms with Crippen molar-refractivity contribution in [3.8, 4) is 0 Å². The number of carboxylic acid groups (broad SMARTS) is 1. The van der Waals surface area contributed by atoms with Crippen LogP contribution in [0.1, 0.15) is 45.3 Å². The molecule has 2 aromatic rings. The minimum absolute atomic E-state index is 0.00680. The van der Waals surface area contributed by atoms with Crippen molar-refractivity contribution in [3.63, 3.8) is 0 Å². The quantitative estimate of drug-likeness (QED) is 0.0934. The molecule has 0 saturated carbocycles. The number of hydrogen-bond donors (Lipinski definition) is 7. The second-order valence-electron chi connectivity index (χ2n) is 10.9. The molecule has 4 heterocycles. The standard InChI is InChI=1S/C25H40N10O9S/c1-13-34(11-7-14(26)24(39)40)22(38)19-18(43-13)17(37)23(44-19)35-12-30-16-20(27)32-25(33-21(16)35)29-10-9-28-15(36)6-4-3-5-8-31-45(2,41)42/h12-14,17-19,23,31,37H,3-11,26H2,1-2H3,(H,28,36)(H,39,40)(H3,27,29,32,33)/t13?,14-,17+,18-,19-,23?/m0/s1. The van der Waals surface area contributed by atoms with Gasteiger partial charge in [-0.1, -0.05) is 6.42 Å². The van der Waals surface area contributed by atoms with Crippen LogP contribution in [0.25, 0.3) is 11.2 Å². The van der Waals surface area contributed by atoms with Crippen LogP contribution in [0.5, 0.6) is 0 Å². The molecule has 2 aliphatic rings. The molecule has 2 fully saturated rings. The van der Waals surface area contributed by atoms with Crippen LogP contribution in [-0.2, 0) is 33.9 Å². The van der Waals surface area contributed by atoms with E-state index in [1.807, 2.05) is 0 Å². The van der Waals surface area contributed by atoms with Crippen LogP contribution in [0.15, 0.2) is 6.33 Å². The summed E-state index contributed by atoms with van der Waals surface area (Å²) in [7, 11) is -3.22. The summed E-state index contributed by atoms with van der Waals surface area (Å²) in [6, 6.07) is -1.15. The van der Waals surface area contributed by atoms with Crippen LogP contribution >= 0.6 is 0 Å². The normalized spacial score (nSPS) is 24.0. The highest BCUT2D eigenvalue weighted by atomic mass is 32.2. The number of aliphatic hydroxyl groups is 1. The summed E-state index contributed by atoms with van der Waals surface area (Å²) < 4.78 is 37.8. The van der Waals surface area contributed by atoms with E-state index in [1.54, 1.807) is 6.92 Å². The Kier molecular flexibility index (Phi) is 11.1. The molecular weight excluding hydrogens is 616 g/mol. The number of ether oxygens (including phenoxy) is 2. The summed E-state index contributed by atoms with van der Waals surface area (Å²) in [5.74, 6) is -1.60. The van der Waals surface area contributed by atoms with Gasteiger partial charge < -0.3 is 46.7 Å². The lowest BCUT2D eigenvalue weighted by atomic mass is 10.1. The number of anilines is 2. The highest BCUT2D eigenvalue weighted by Crippen LogP contribution is 2.38. The van der Waals surface area contributed by atoms with Gasteiger partial charge in [0.25, 0.3) is 5.91 Å². The van der Waals surface area contributed by atoms with E-state index in [1.165, 1.54) is 15.8 Å². The van der Waals surface area contributed by atoms with Crippen molar-refractivity contribution in [1.82, 2.24) is 34.5 Å². The average Bonchev–Trinajstić information content (AvgIpc) is 3.53. The van der Waals surface area contributed by atoms with Crippen LogP contribution < -0.4 is 26.8 Å². The highest BCUT2D eigenvalue weighted by Gasteiger charge is 2.54. The fourth-order valence-electron chi connectivity index (χ4n) is 5.08. The molecule has 0 spiro atoms. The third-order valence-electron chi connectivity index (χ3n) is 7.43. The fourth-order valence-corrected chi connectivity index (χ4v) is 5.60. The Labute approximate surface area is 259 Å². The van der Waals surface area contributed by atoms with Gasteiger partial charge in [-0.15, -0.1) is 0 Å². The average molecular weight is 657 g/mol. The van der Waals surface area contributed by atoms with E-state index in [9.17, 15) is 27.9 Å². The molecule has 4 rings (SSSR count). The first-order chi connectivity index (χ1) is 21.3. The second-order valence-corrected chi connectivity index (χ2v) is 12.7. The number of amides is 2. The van der Waals surface area contributed by atoms with Gasteiger partial charge >= 0.3 is 5.97 Å². The predicted octanol–water partition coefficient (Wildman–Crippen LogP) is -2.32. The minimum atomic E-state index is -3.22. The van der Waals surface area contributed by atoms with Gasteiger partial charge in [-0.05, 0) is 26.2 Å². The number of aliphatic hydroxyl groups excluding tert-OH is 1. The molecule has 6 atom stereocenters. The highest BCUT2D eigenvalue weighted by molar-refractivity contribution is 7.88. The number of hydrogen-bond acceptors (Lipinski definition) is 14. The lowest BCUT2D eigenvalue weighted by Gasteiger charge is -2.39. The first-order valence-electron chi connectivity index (χ1n) is 14.5. The number of aliphatic carboxylic acids is 1. The molecule has 250 valence electrons. The lowest BCUT2D eigenvalue weighted by Crippen LogP contribution is -2.58. The molecule has 2 saturated heterocycles. The van der Waals surface area contributed by atoms with Crippen LogP contribution in [-0.4, -0.2) is 124 Å². The summed E-state index contributed by atoms with van der Waals surface area (Å²) in [5.41, 5.74) is 12.2. The zero-order valence-corrected chi connectivity index (χ0v) is 25.8. The number of carbonyl (C=O) groups excluding carboxylic acids is 2. The molecular formula is C25H40N10O9S. The van der Waals surface area contributed by atoms with E-state index in [2.05, 4.69) is 30.3 Å². The predicted molar refractivity (Wildman–Crippen MR) is 159 cm³/mol. The third-order valence-corrected chi connectivity index (χ3v) is 8.16. The molecule has 2 amide bonds. The van der Waals surface area contributed by atoms with Crippen molar-refractivity contribution in [2.24, 2.45) is 5.73 Å². The van der Waals surface area contributed by atoms with Gasteiger partial charge in [0.15, 0.2) is 23.8 Å². The zero-order valence-electron chi connectivity index (χ0n) is 25.0. The van der Waals surface area contributed by atoms with Crippen molar-refractivity contribution in [1.29, 1.82) is 0 Å². The molecule has 0 radical (unpaired) electrons. The lowest BCUT2D eigenvalue weighted by molar-refractivity contribution is -0.195. The van der Waals surface area contributed by atoms with Crippen molar-refractivity contribution < 1.29 is 42.5 Å². The Hall–Kier alpha value is -3.69. The van der Waals surface area contributed by atoms with E-state index in [0.29, 0.717) is 32.2 Å². The van der Waals surface area contributed by atoms with Gasteiger partial charge in [0, 0.05) is 32.6 Å². The van der Waals surface area contributed by atoms with E-state index in [0.717, 1.165) is 6.26 Å². The monoisotopic (exact) mass is 656 g/mol. The number of fused-ring (bicyclic) bond motifs is 2. The van der Waals surface area contributed by atoms with E-state index in [-0.39, 0.29) is 54.9 Å². The Bertz CT molecular complexity index is 1490. The molecule has 2 aromatic heterocycles. The molecule has 19 nitrogen and oxygen atoms in total. The number of aromatic nitrogens is 4. The molecule has 0 aliphatic carbocycles. The Balaban J connectivity index is 1.32. The summed E-state index contributed by atoms with van der Waals surface area (Å²) in [4.78, 5) is 50.7. The number of unbranched alkanes of at least 4 members (excludes halogenated alkanes) is 2. The molecule has 0 bridgehead atoms. The Morgan fingerprint density at radius 3 is 2.62 bits per heavy atom. The number of carbonyl (C=O) groups is 3. The summed E-state index contributed by atoms with van der Waals surface area (Å²) in [6.07, 6.45) is -0.572. The maximum Gasteiger partial charge on any atom is 0.320 e. The van der Waals surface area contributed by atoms with Gasteiger partial charge in [-0.3, -0.25) is 19.0 Å². The van der Waals surface area contributed by atoms with Crippen molar-refractivity contribution in [2.75, 3.05) is 43.5 Å². The molecule has 45 heavy (non-hydrogen) atoms. The van der Waals surface area contributed by atoms with Crippen molar-refractivity contribution in [2.45, 2.75) is 75.8 Å². The molecule has 20 heteroatoms. The second kappa shape index (κ2) is 14.6. The van der Waals surface area contributed by atoms with Gasteiger partial charge in [0.2, 0.25) is 21.9 Å². The van der Waals surface area contributed by atoms with Gasteiger partial charge in [-0.25, -0.2) is 18.1 Å². The summed E-state index contributed by atoms with van der Waals surface area (Å²) in [5, 5.41) is 25.9. The van der Waals surface area contributed by atoms with E-state index >= 15 is 0 Å². The summed E-state index contributed by atoms with van der Waals surface area (Å²) >= 11 is 0. The number of rotatable bonds is 16. The van der Waals surface area contributed by atoms with Crippen LogP contribution in [0.4, 0.5) is 11.8 Å². The number of sulfonamides is 1. The maximum absolute atomic E-state index is 13.2. The summed E-state index contributed by atoms with van der Waals surface area (Å²) in [6.45, 7) is 2.52. The van der Waals surface area contributed by atoms with Crippen LogP contribution in [0.3, 0.4) is 0 Å². The smallest absolute Gasteiger partial charge is 0.320 e. The first kappa shape index (κ1) is 34.2. The van der Waals surface area contributed by atoms with Crippen LogP contribution in [0.2, 0.25) is 0 Å². The van der Waals surface area contributed by atoms with Gasteiger partial charge in [0.05, 0.1) is 12.6 Å². The molecule has 2 unspecified atom stereocenters. The number of nitrogen functional groups attached to an aromatic ring is 1. The number of nitrogens with two attached hydrogens (primary N) is 2. The largest absolute Gasteiger partial charge is 0.480 e. The molecule has 9 N–H and O–H groups in total. The van der Waals surface area contributed by atoms with E-state index < -0.39 is 58.7 Å². The SMILES string of the molecule is CC1O[C@@H]2[C@H](OC(n3cnc4c(N)nc(NCCNC(=O)CCCCCNS(C)(=O)=O)nc43)[C@@H]2O)C(=O)N1CC[C@H](N)C(=O)O. The minimum Gasteiger partial charge on any atom is -0.480 e. The fraction of sp³-hybridized carbons (Fsp3) is 0.680. The van der Waals surface area contributed by atoms with E-state index in [4.69, 9.17) is 26.0 Å². The number of nitrogens with one attached hydrogen (secondary N) is 3. The van der Waals surface area contributed by atoms with Gasteiger partial charge in [0.1, 0.15) is 30.0 Å². The third kappa shape index (κ3) is 8.52. The van der Waals surface area contributed by atoms with Crippen molar-refractivity contribution >= 4 is 50.7 Å². The topological polar surface area (TPSA) is 279 Å². The number of imidazole rings is 1. The zero-order chi connectivity index (χ0) is 32.9. The van der Waals surface area contributed by atoms with Crippen molar-refractivity contribution in [3.05, 3.63) is 6.33 Å². The molecule has 2 aliphatic heterocycles. The first-order valence-corrected chi connectivity index (χ1v) is 16.4. The molecule has 0 aromatic carbocycles. The number of nitrogens with zero attached hydrogens (tertiary/aromatic N) is 5. The van der Waals surface area contributed by atoms with Crippen LogP contribution in [0, 0.1) is 0 Å². The maximum atomic E-state index is 13.2. The van der Waals surface area contributed by atoms with Gasteiger partial charge in [-0.2, -0.15) is 9.97 Å². The number of carboxylic acids is 1. The Morgan fingerprint density at radius 2 is 1.91 bits per heavy atom.